The average Bonchev–Trinajstić information content (AvgIpc) is 2.62. The predicted octanol–water partition coefficient (Wildman–Crippen LogP) is 3.92. The van der Waals surface area contributed by atoms with Crippen LogP contribution in [0.5, 0.6) is 0 Å². The number of hydrogen-bond acceptors (Lipinski definition) is 1. The van der Waals surface area contributed by atoms with Crippen LogP contribution in [0.15, 0.2) is 67.0 Å². The molecule has 0 atom stereocenters. The van der Waals surface area contributed by atoms with Crippen molar-refractivity contribution in [2.75, 3.05) is 0 Å². The van der Waals surface area contributed by atoms with Crippen molar-refractivity contribution in [2.24, 2.45) is 7.05 Å². The third-order valence-electron chi connectivity index (χ3n) is 4.26. The van der Waals surface area contributed by atoms with Gasteiger partial charge in [-0.3, -0.25) is 4.57 Å². The van der Waals surface area contributed by atoms with Crippen molar-refractivity contribution in [1.29, 1.82) is 0 Å². The fourth-order valence-electron chi connectivity index (χ4n) is 2.98. The van der Waals surface area contributed by atoms with Gasteiger partial charge < -0.3 is 0 Å². The van der Waals surface area contributed by atoms with Crippen molar-refractivity contribution < 1.29 is 37.3 Å². The summed E-state index contributed by atoms with van der Waals surface area (Å²) < 4.78 is 2.02. The average molecular weight is 409 g/mol. The van der Waals surface area contributed by atoms with Gasteiger partial charge in [-0.05, 0) is 16.5 Å². The summed E-state index contributed by atoms with van der Waals surface area (Å²) in [5.74, 6) is 0. The molecule has 0 aliphatic heterocycles. The van der Waals surface area contributed by atoms with Crippen LogP contribution in [-0.2, 0) is 39.8 Å². The Labute approximate surface area is 181 Å². The number of hydrogen-bond donors (Lipinski definition) is 0. The Balaban J connectivity index is 0.00000121. The molecular formula is C22H17BN2Y-. The zero-order valence-corrected chi connectivity index (χ0v) is 17.7. The minimum atomic E-state index is 0. The SMILES string of the molecule is Cc1cc2ccccc2cc1-c1[c-]c(-c2[c-]cccc2)nc[n+]1C.[B].[Y]. The number of aromatic nitrogens is 2. The third kappa shape index (κ3) is 3.95. The van der Waals surface area contributed by atoms with Gasteiger partial charge in [0.2, 0.25) is 0 Å². The van der Waals surface area contributed by atoms with Crippen molar-refractivity contribution in [3.63, 3.8) is 0 Å². The van der Waals surface area contributed by atoms with Gasteiger partial charge in [0.05, 0.1) is 7.05 Å². The van der Waals surface area contributed by atoms with Gasteiger partial charge >= 0.3 is 0 Å². The van der Waals surface area contributed by atoms with Crippen molar-refractivity contribution in [1.82, 2.24) is 4.98 Å². The van der Waals surface area contributed by atoms with E-state index < -0.39 is 0 Å². The first kappa shape index (κ1) is 20.5. The Bertz CT molecular complexity index is 1030. The van der Waals surface area contributed by atoms with Gasteiger partial charge in [-0.1, -0.05) is 54.4 Å². The Morgan fingerprint density at radius 3 is 2.35 bits per heavy atom. The number of fused-ring (bicyclic) bond motifs is 1. The van der Waals surface area contributed by atoms with E-state index in [1.807, 2.05) is 42.2 Å². The second-order valence-electron chi connectivity index (χ2n) is 5.97. The Kier molecular flexibility index (Phi) is 6.86. The Morgan fingerprint density at radius 2 is 1.65 bits per heavy atom. The summed E-state index contributed by atoms with van der Waals surface area (Å²) in [6.07, 6.45) is 1.84. The molecule has 4 heteroatoms. The summed E-state index contributed by atoms with van der Waals surface area (Å²) >= 11 is 0. The van der Waals surface area contributed by atoms with Crippen molar-refractivity contribution in [2.45, 2.75) is 6.92 Å². The van der Waals surface area contributed by atoms with Crippen molar-refractivity contribution in [3.8, 4) is 22.5 Å². The van der Waals surface area contributed by atoms with Crippen LogP contribution < -0.4 is 4.57 Å². The smallest absolute Gasteiger partial charge is 0.257 e. The third-order valence-corrected chi connectivity index (χ3v) is 4.26. The quantitative estimate of drug-likeness (QED) is 0.279. The molecule has 0 spiro atoms. The molecule has 4 rings (SSSR count). The minimum absolute atomic E-state index is 0. The van der Waals surface area contributed by atoms with E-state index in [1.165, 1.54) is 21.9 Å². The molecule has 0 saturated carbocycles. The number of benzene rings is 3. The molecule has 1 heterocycles. The number of aryl methyl sites for hydroxylation is 2. The zero-order chi connectivity index (χ0) is 16.5. The maximum Gasteiger partial charge on any atom is 0.272 e. The van der Waals surface area contributed by atoms with E-state index in [-0.39, 0.29) is 41.1 Å². The van der Waals surface area contributed by atoms with E-state index in [9.17, 15) is 0 Å². The van der Waals surface area contributed by atoms with E-state index >= 15 is 0 Å². The largest absolute Gasteiger partial charge is 0.272 e. The molecule has 1 aromatic heterocycles. The van der Waals surface area contributed by atoms with E-state index in [4.69, 9.17) is 0 Å². The molecule has 26 heavy (non-hydrogen) atoms. The molecule has 0 aliphatic rings. The monoisotopic (exact) mass is 409 g/mol. The van der Waals surface area contributed by atoms with Crippen LogP contribution in [-0.4, -0.2) is 13.4 Å². The van der Waals surface area contributed by atoms with Crippen LogP contribution in [0.3, 0.4) is 0 Å². The summed E-state index contributed by atoms with van der Waals surface area (Å²) in [6.45, 7) is 2.14. The molecular weight excluding hydrogens is 392 g/mol. The fourth-order valence-corrected chi connectivity index (χ4v) is 2.98. The molecule has 4 aromatic rings. The molecule has 0 bridgehead atoms. The number of nitrogens with zero attached hydrogens (tertiary/aromatic N) is 2. The van der Waals surface area contributed by atoms with Gasteiger partial charge in [0.1, 0.15) is 0 Å². The molecule has 122 valence electrons. The summed E-state index contributed by atoms with van der Waals surface area (Å²) in [5, 5.41) is 2.49. The Morgan fingerprint density at radius 1 is 0.962 bits per heavy atom. The topological polar surface area (TPSA) is 16.8 Å². The van der Waals surface area contributed by atoms with Gasteiger partial charge in [-0.15, -0.1) is 17.1 Å². The van der Waals surface area contributed by atoms with Crippen LogP contribution in [0.4, 0.5) is 0 Å². The van der Waals surface area contributed by atoms with E-state index in [1.54, 1.807) is 0 Å². The second kappa shape index (κ2) is 8.70. The summed E-state index contributed by atoms with van der Waals surface area (Å²) in [7, 11) is 2.01. The predicted molar refractivity (Wildman–Crippen MR) is 102 cm³/mol. The van der Waals surface area contributed by atoms with Gasteiger partial charge in [-0.25, -0.2) is 11.6 Å². The maximum atomic E-state index is 4.50. The standard InChI is InChI=1S/C22H17N2.B.Y/c1-16-12-18-10-6-7-11-19(18)13-20(16)22-14-21(23-15-24(22)2)17-8-4-3-5-9-17;;/h3-8,10-13,15H,1-2H3;;/q-1;;. The fraction of sp³-hybridized carbons (Fsp3) is 0.0909. The molecule has 0 aliphatic carbocycles. The minimum Gasteiger partial charge on any atom is -0.257 e. The van der Waals surface area contributed by atoms with Gasteiger partial charge in [-0.2, -0.15) is 18.2 Å². The van der Waals surface area contributed by atoms with Crippen molar-refractivity contribution >= 4 is 19.2 Å². The van der Waals surface area contributed by atoms with E-state index in [0.717, 1.165) is 17.0 Å². The van der Waals surface area contributed by atoms with Gasteiger partial charge in [0.25, 0.3) is 6.33 Å². The second-order valence-corrected chi connectivity index (χ2v) is 5.97. The van der Waals surface area contributed by atoms with E-state index in [0.29, 0.717) is 0 Å². The first-order chi connectivity index (χ1) is 11.7. The Hall–Kier alpha value is -1.83. The number of rotatable bonds is 2. The molecule has 4 radical (unpaired) electrons. The summed E-state index contributed by atoms with van der Waals surface area (Å²) in [5.41, 5.74) is 5.21. The molecule has 0 N–H and O–H groups in total. The first-order valence-electron chi connectivity index (χ1n) is 7.97. The maximum absolute atomic E-state index is 4.50. The summed E-state index contributed by atoms with van der Waals surface area (Å²) in [6, 6.07) is 27.5. The van der Waals surface area contributed by atoms with Crippen LogP contribution in [0.2, 0.25) is 0 Å². The molecule has 0 amide bonds. The molecule has 2 nitrogen and oxygen atoms in total. The van der Waals surface area contributed by atoms with Crippen molar-refractivity contribution in [3.05, 3.63) is 84.7 Å². The van der Waals surface area contributed by atoms with Crippen LogP contribution in [0, 0.1) is 19.1 Å². The molecule has 0 saturated heterocycles. The van der Waals surface area contributed by atoms with Crippen LogP contribution in [0.25, 0.3) is 33.3 Å². The first-order valence-corrected chi connectivity index (χ1v) is 7.97. The molecule has 3 aromatic carbocycles. The normalized spacial score (nSPS) is 10.1. The van der Waals surface area contributed by atoms with Gasteiger partial charge in [0, 0.05) is 46.8 Å². The zero-order valence-electron chi connectivity index (χ0n) is 14.9. The van der Waals surface area contributed by atoms with Crippen LogP contribution >= 0.6 is 0 Å². The summed E-state index contributed by atoms with van der Waals surface area (Å²) in [4.78, 5) is 4.50. The van der Waals surface area contributed by atoms with Gasteiger partial charge in [0.15, 0.2) is 0 Å². The molecule has 0 unspecified atom stereocenters. The van der Waals surface area contributed by atoms with Crippen LogP contribution in [0.1, 0.15) is 5.56 Å². The van der Waals surface area contributed by atoms with E-state index in [2.05, 4.69) is 60.4 Å². The molecule has 0 fully saturated rings.